The molecule has 0 radical (unpaired) electrons. The predicted molar refractivity (Wildman–Crippen MR) is 125 cm³/mol. The Bertz CT molecular complexity index is 850. The van der Waals surface area contributed by atoms with Crippen LogP contribution in [0.5, 0.6) is 0 Å². The third-order valence-electron chi connectivity index (χ3n) is 5.24. The van der Waals surface area contributed by atoms with Gasteiger partial charge in [-0.3, -0.25) is 19.2 Å². The Morgan fingerprint density at radius 2 is 1.76 bits per heavy atom. The standard InChI is InChI=1S/C20H33N7O6S/c1-3-10(2)16(19(31)25-13(20(32)33)6-11-7-23-9-24-11)27-18(30)14(8-34)26-17(29)12(21)4-5-15(22)28/h7,9-10,12-14,16,34H,3-6,8,21H2,1-2H3,(H2,22,28)(H,23,24)(H,25,31)(H,26,29)(H,27,30)(H,32,33). The van der Waals surface area contributed by atoms with Gasteiger partial charge in [-0.25, -0.2) is 9.78 Å². The number of nitrogens with one attached hydrogen (secondary N) is 4. The van der Waals surface area contributed by atoms with Crippen LogP contribution < -0.4 is 27.4 Å². The fourth-order valence-corrected chi connectivity index (χ4v) is 3.19. The first-order valence-corrected chi connectivity index (χ1v) is 11.4. The number of carboxylic acid groups (broad SMARTS) is 1. The largest absolute Gasteiger partial charge is 0.480 e. The first kappa shape index (κ1) is 28.9. The Hall–Kier alpha value is -3.13. The maximum Gasteiger partial charge on any atom is 0.326 e. The zero-order valence-corrected chi connectivity index (χ0v) is 20.0. The third-order valence-corrected chi connectivity index (χ3v) is 5.61. The van der Waals surface area contributed by atoms with Crippen LogP contribution in [0.2, 0.25) is 0 Å². The summed E-state index contributed by atoms with van der Waals surface area (Å²) in [5, 5.41) is 17.0. The quantitative estimate of drug-likeness (QED) is 0.126. The normalized spacial score (nSPS) is 15.3. The number of primary amides is 1. The van der Waals surface area contributed by atoms with E-state index in [4.69, 9.17) is 11.5 Å². The molecular formula is C20H33N7O6S. The van der Waals surface area contributed by atoms with Crippen LogP contribution >= 0.6 is 12.6 Å². The first-order valence-electron chi connectivity index (χ1n) is 10.8. The van der Waals surface area contributed by atoms with Gasteiger partial charge in [-0.1, -0.05) is 20.3 Å². The number of amides is 4. The summed E-state index contributed by atoms with van der Waals surface area (Å²) in [6.07, 6.45) is 3.24. The minimum Gasteiger partial charge on any atom is -0.480 e. The predicted octanol–water partition coefficient (Wildman–Crippen LogP) is -1.94. The number of aromatic amines is 1. The van der Waals surface area contributed by atoms with E-state index < -0.39 is 53.8 Å². The summed E-state index contributed by atoms with van der Waals surface area (Å²) in [7, 11) is 0. The van der Waals surface area contributed by atoms with Crippen LogP contribution in [0.25, 0.3) is 0 Å². The number of nitrogens with two attached hydrogens (primary N) is 2. The second-order valence-corrected chi connectivity index (χ2v) is 8.27. The van der Waals surface area contributed by atoms with Gasteiger partial charge >= 0.3 is 5.97 Å². The molecule has 34 heavy (non-hydrogen) atoms. The highest BCUT2D eigenvalue weighted by molar-refractivity contribution is 7.80. The molecule has 0 spiro atoms. The summed E-state index contributed by atoms with van der Waals surface area (Å²) in [6, 6.07) is -4.49. The first-order chi connectivity index (χ1) is 16.0. The molecule has 9 N–H and O–H groups in total. The molecule has 0 aliphatic carbocycles. The smallest absolute Gasteiger partial charge is 0.326 e. The molecule has 1 aromatic heterocycles. The van der Waals surface area contributed by atoms with Crippen LogP contribution in [-0.2, 0) is 30.4 Å². The van der Waals surface area contributed by atoms with Gasteiger partial charge in [-0.15, -0.1) is 0 Å². The molecule has 5 atom stereocenters. The van der Waals surface area contributed by atoms with Crippen molar-refractivity contribution in [3.8, 4) is 0 Å². The van der Waals surface area contributed by atoms with Crippen molar-refractivity contribution in [2.75, 3.05) is 5.75 Å². The summed E-state index contributed by atoms with van der Waals surface area (Å²) < 4.78 is 0. The highest BCUT2D eigenvalue weighted by atomic mass is 32.1. The molecule has 5 unspecified atom stereocenters. The summed E-state index contributed by atoms with van der Waals surface area (Å²) in [5.74, 6) is -4.34. The number of H-pyrrole nitrogens is 1. The average molecular weight is 500 g/mol. The van der Waals surface area contributed by atoms with Gasteiger partial charge in [0.25, 0.3) is 0 Å². The molecule has 0 aromatic carbocycles. The third kappa shape index (κ3) is 9.39. The lowest BCUT2D eigenvalue weighted by molar-refractivity contribution is -0.142. The van der Waals surface area contributed by atoms with E-state index in [1.54, 1.807) is 6.92 Å². The SMILES string of the molecule is CCC(C)C(NC(=O)C(CS)NC(=O)C(N)CCC(N)=O)C(=O)NC(Cc1cnc[nH]1)C(=O)O. The average Bonchev–Trinajstić information content (AvgIpc) is 3.30. The van der Waals surface area contributed by atoms with Crippen molar-refractivity contribution in [1.82, 2.24) is 25.9 Å². The number of aromatic nitrogens is 2. The molecule has 1 rings (SSSR count). The molecule has 0 aliphatic heterocycles. The summed E-state index contributed by atoms with van der Waals surface area (Å²) in [6.45, 7) is 3.54. The van der Waals surface area contributed by atoms with E-state index >= 15 is 0 Å². The number of thiol groups is 1. The Labute approximate surface area is 202 Å². The van der Waals surface area contributed by atoms with Crippen molar-refractivity contribution in [3.63, 3.8) is 0 Å². The van der Waals surface area contributed by atoms with Crippen molar-refractivity contribution >= 4 is 42.2 Å². The van der Waals surface area contributed by atoms with E-state index in [0.717, 1.165) is 0 Å². The van der Waals surface area contributed by atoms with E-state index in [9.17, 15) is 29.1 Å². The van der Waals surface area contributed by atoms with Crippen molar-refractivity contribution in [3.05, 3.63) is 18.2 Å². The minimum atomic E-state index is -1.25. The number of hydrogen-bond acceptors (Lipinski definition) is 8. The van der Waals surface area contributed by atoms with E-state index in [-0.39, 0.29) is 30.9 Å². The molecule has 13 nitrogen and oxygen atoms in total. The monoisotopic (exact) mass is 499 g/mol. The van der Waals surface area contributed by atoms with E-state index in [2.05, 4.69) is 38.5 Å². The molecule has 190 valence electrons. The molecule has 0 bridgehead atoms. The Morgan fingerprint density at radius 3 is 2.26 bits per heavy atom. The van der Waals surface area contributed by atoms with Crippen molar-refractivity contribution in [2.45, 2.75) is 63.7 Å². The molecule has 1 heterocycles. The highest BCUT2D eigenvalue weighted by Crippen LogP contribution is 2.10. The van der Waals surface area contributed by atoms with Gasteiger partial charge in [0, 0.05) is 30.5 Å². The number of hydrogen-bond donors (Lipinski definition) is 8. The second-order valence-electron chi connectivity index (χ2n) is 7.91. The Kier molecular flexibility index (Phi) is 12.1. The van der Waals surface area contributed by atoms with Gasteiger partial charge in [0.05, 0.1) is 12.4 Å². The summed E-state index contributed by atoms with van der Waals surface area (Å²) in [5.41, 5.74) is 11.3. The van der Waals surface area contributed by atoms with Gasteiger partial charge in [-0.2, -0.15) is 12.6 Å². The second kappa shape index (κ2) is 14.2. The molecule has 0 saturated heterocycles. The number of aliphatic carboxylic acids is 1. The van der Waals surface area contributed by atoms with Gasteiger partial charge in [0.1, 0.15) is 18.1 Å². The zero-order chi connectivity index (χ0) is 25.8. The zero-order valence-electron chi connectivity index (χ0n) is 19.1. The highest BCUT2D eigenvalue weighted by Gasteiger charge is 2.32. The maximum atomic E-state index is 12.9. The molecule has 1 aromatic rings. The fraction of sp³-hybridized carbons (Fsp3) is 0.600. The summed E-state index contributed by atoms with van der Waals surface area (Å²) in [4.78, 5) is 67.1. The van der Waals surface area contributed by atoms with Gasteiger partial charge in [0.15, 0.2) is 0 Å². The van der Waals surface area contributed by atoms with Crippen molar-refractivity contribution in [1.29, 1.82) is 0 Å². The number of imidazole rings is 1. The number of nitrogens with zero attached hydrogens (tertiary/aromatic N) is 1. The topological polar surface area (TPSA) is 222 Å². The van der Waals surface area contributed by atoms with Crippen molar-refractivity contribution < 1.29 is 29.1 Å². The minimum absolute atomic E-state index is 0.00683. The summed E-state index contributed by atoms with van der Waals surface area (Å²) >= 11 is 4.09. The molecule has 0 fully saturated rings. The number of carbonyl (C=O) groups excluding carboxylic acids is 4. The molecular weight excluding hydrogens is 466 g/mol. The molecule has 0 saturated carbocycles. The molecule has 4 amide bonds. The van der Waals surface area contributed by atoms with Crippen LogP contribution in [0.4, 0.5) is 0 Å². The number of carbonyl (C=O) groups is 5. The van der Waals surface area contributed by atoms with Crippen LogP contribution in [0.1, 0.15) is 38.8 Å². The Morgan fingerprint density at radius 1 is 1.12 bits per heavy atom. The molecule has 0 aliphatic rings. The van der Waals surface area contributed by atoms with Gasteiger partial charge in [0.2, 0.25) is 23.6 Å². The number of carboxylic acids is 1. The lowest BCUT2D eigenvalue weighted by Gasteiger charge is -2.27. The van der Waals surface area contributed by atoms with Crippen LogP contribution in [0, 0.1) is 5.92 Å². The number of rotatable bonds is 15. The molecule has 14 heteroatoms. The van der Waals surface area contributed by atoms with Crippen LogP contribution in [-0.4, -0.2) is 74.6 Å². The lowest BCUT2D eigenvalue weighted by atomic mass is 9.97. The van der Waals surface area contributed by atoms with E-state index in [0.29, 0.717) is 12.1 Å². The Balaban J connectivity index is 2.86. The maximum absolute atomic E-state index is 12.9. The van der Waals surface area contributed by atoms with Gasteiger partial charge in [-0.05, 0) is 12.3 Å². The lowest BCUT2D eigenvalue weighted by Crippen LogP contribution is -2.59. The van der Waals surface area contributed by atoms with Crippen molar-refractivity contribution in [2.24, 2.45) is 17.4 Å². The van der Waals surface area contributed by atoms with Crippen LogP contribution in [0.15, 0.2) is 12.5 Å². The van der Waals surface area contributed by atoms with E-state index in [1.165, 1.54) is 12.5 Å². The van der Waals surface area contributed by atoms with Crippen LogP contribution in [0.3, 0.4) is 0 Å². The van der Waals surface area contributed by atoms with E-state index in [1.807, 2.05) is 6.92 Å². The fourth-order valence-electron chi connectivity index (χ4n) is 2.94. The van der Waals surface area contributed by atoms with Gasteiger partial charge < -0.3 is 37.5 Å².